The van der Waals surface area contributed by atoms with E-state index in [0.717, 1.165) is 0 Å². The predicted molar refractivity (Wildman–Crippen MR) is 78.6 cm³/mol. The fraction of sp³-hybridized carbons (Fsp3) is 0.417. The van der Waals surface area contributed by atoms with Crippen molar-refractivity contribution in [3.05, 3.63) is 29.8 Å². The molecule has 0 atom stereocenters. The Labute approximate surface area is 119 Å². The van der Waals surface area contributed by atoms with Crippen LogP contribution >= 0.6 is 12.2 Å². The highest BCUT2D eigenvalue weighted by atomic mass is 32.2. The van der Waals surface area contributed by atoms with Gasteiger partial charge in [0.05, 0.1) is 17.6 Å². The van der Waals surface area contributed by atoms with Crippen molar-refractivity contribution in [1.29, 1.82) is 0 Å². The largest absolute Gasteiger partial charge is 0.389 e. The van der Waals surface area contributed by atoms with Crippen LogP contribution in [0, 0.1) is 0 Å². The lowest BCUT2D eigenvalue weighted by atomic mass is 10.2. The van der Waals surface area contributed by atoms with Crippen molar-refractivity contribution < 1.29 is 13.2 Å². The van der Waals surface area contributed by atoms with Crippen molar-refractivity contribution >= 4 is 27.2 Å². The molecule has 0 fully saturated rings. The monoisotopic (exact) mass is 302 g/mol. The summed E-state index contributed by atoms with van der Waals surface area (Å²) in [5, 5.41) is 0. The standard InChI is InChI=1S/C12H18N2O3S2/c1-9(2)17-8-7-14-19(15,16)11-5-3-10(4-6-11)12(13)18/h3-6,9,14H,7-8H2,1-2H3,(H2,13,18). The van der Waals surface area contributed by atoms with E-state index in [2.05, 4.69) is 4.72 Å². The summed E-state index contributed by atoms with van der Waals surface area (Å²) in [6.07, 6.45) is 0.0781. The van der Waals surface area contributed by atoms with E-state index in [1.807, 2.05) is 13.8 Å². The molecule has 0 aliphatic rings. The van der Waals surface area contributed by atoms with Crippen molar-refractivity contribution in [2.24, 2.45) is 5.73 Å². The molecule has 7 heteroatoms. The summed E-state index contributed by atoms with van der Waals surface area (Å²) in [6.45, 7) is 4.35. The summed E-state index contributed by atoms with van der Waals surface area (Å²) < 4.78 is 31.6. The molecular weight excluding hydrogens is 284 g/mol. The van der Waals surface area contributed by atoms with Crippen LogP contribution in [0.4, 0.5) is 0 Å². The molecule has 0 aromatic heterocycles. The lowest BCUT2D eigenvalue weighted by Crippen LogP contribution is -2.28. The third-order valence-corrected chi connectivity index (χ3v) is 4.01. The topological polar surface area (TPSA) is 81.4 Å². The number of thiocarbonyl (C=S) groups is 1. The quantitative estimate of drug-likeness (QED) is 0.580. The number of nitrogens with one attached hydrogen (secondary N) is 1. The van der Waals surface area contributed by atoms with Gasteiger partial charge in [-0.15, -0.1) is 0 Å². The van der Waals surface area contributed by atoms with Crippen molar-refractivity contribution in [3.8, 4) is 0 Å². The van der Waals surface area contributed by atoms with Crippen molar-refractivity contribution in [3.63, 3.8) is 0 Å². The van der Waals surface area contributed by atoms with Gasteiger partial charge in [-0.3, -0.25) is 0 Å². The van der Waals surface area contributed by atoms with E-state index >= 15 is 0 Å². The Kier molecular flexibility index (Phi) is 5.86. The Bertz CT molecular complexity index is 524. The van der Waals surface area contributed by atoms with E-state index in [0.29, 0.717) is 12.2 Å². The van der Waals surface area contributed by atoms with Gasteiger partial charge in [-0.2, -0.15) is 0 Å². The van der Waals surface area contributed by atoms with Crippen LogP contribution in [0.15, 0.2) is 29.2 Å². The van der Waals surface area contributed by atoms with Gasteiger partial charge in [-0.1, -0.05) is 24.4 Å². The number of hydrogen-bond donors (Lipinski definition) is 2. The minimum atomic E-state index is -3.51. The van der Waals surface area contributed by atoms with E-state index in [1.54, 1.807) is 12.1 Å². The molecule has 0 unspecified atom stereocenters. The lowest BCUT2D eigenvalue weighted by molar-refractivity contribution is 0.0834. The Morgan fingerprint density at radius 3 is 2.42 bits per heavy atom. The highest BCUT2D eigenvalue weighted by Crippen LogP contribution is 2.10. The van der Waals surface area contributed by atoms with Crippen LogP contribution in [-0.2, 0) is 14.8 Å². The van der Waals surface area contributed by atoms with Crippen LogP contribution in [0.1, 0.15) is 19.4 Å². The van der Waals surface area contributed by atoms with Crippen LogP contribution in [0.3, 0.4) is 0 Å². The molecule has 0 saturated heterocycles. The number of hydrogen-bond acceptors (Lipinski definition) is 4. The molecule has 0 aliphatic carbocycles. The molecule has 1 rings (SSSR count). The molecule has 0 amide bonds. The Morgan fingerprint density at radius 2 is 1.95 bits per heavy atom. The van der Waals surface area contributed by atoms with Crippen LogP contribution in [0.5, 0.6) is 0 Å². The maximum atomic E-state index is 11.9. The molecule has 0 saturated carbocycles. The maximum Gasteiger partial charge on any atom is 0.240 e. The first-order valence-electron chi connectivity index (χ1n) is 5.84. The molecule has 19 heavy (non-hydrogen) atoms. The van der Waals surface area contributed by atoms with Gasteiger partial charge in [0.15, 0.2) is 0 Å². The Hall–Kier alpha value is -1.02. The first-order valence-corrected chi connectivity index (χ1v) is 7.73. The van der Waals surface area contributed by atoms with Gasteiger partial charge in [0, 0.05) is 12.1 Å². The van der Waals surface area contributed by atoms with Crippen LogP contribution in [0.2, 0.25) is 0 Å². The highest BCUT2D eigenvalue weighted by molar-refractivity contribution is 7.89. The van der Waals surface area contributed by atoms with E-state index in [9.17, 15) is 8.42 Å². The minimum Gasteiger partial charge on any atom is -0.389 e. The number of sulfonamides is 1. The van der Waals surface area contributed by atoms with Gasteiger partial charge >= 0.3 is 0 Å². The van der Waals surface area contributed by atoms with E-state index < -0.39 is 10.0 Å². The molecule has 3 N–H and O–H groups in total. The second-order valence-electron chi connectivity index (χ2n) is 4.21. The zero-order chi connectivity index (χ0) is 14.5. The zero-order valence-electron chi connectivity index (χ0n) is 10.9. The number of rotatable bonds is 7. The third kappa shape index (κ3) is 5.23. The van der Waals surface area contributed by atoms with E-state index in [1.165, 1.54) is 12.1 Å². The van der Waals surface area contributed by atoms with Crippen molar-refractivity contribution in [2.45, 2.75) is 24.8 Å². The van der Waals surface area contributed by atoms with E-state index in [4.69, 9.17) is 22.7 Å². The second-order valence-corrected chi connectivity index (χ2v) is 6.41. The molecule has 106 valence electrons. The van der Waals surface area contributed by atoms with E-state index in [-0.39, 0.29) is 22.5 Å². The first-order chi connectivity index (χ1) is 8.83. The van der Waals surface area contributed by atoms with Crippen LogP contribution in [-0.4, -0.2) is 32.7 Å². The van der Waals surface area contributed by atoms with Crippen molar-refractivity contribution in [1.82, 2.24) is 4.72 Å². The predicted octanol–water partition coefficient (Wildman–Crippen LogP) is 1.02. The van der Waals surface area contributed by atoms with Gasteiger partial charge in [0.2, 0.25) is 10.0 Å². The van der Waals surface area contributed by atoms with Crippen LogP contribution < -0.4 is 10.5 Å². The molecule has 1 aromatic carbocycles. The molecule has 0 spiro atoms. The second kappa shape index (κ2) is 6.95. The van der Waals surface area contributed by atoms with Crippen LogP contribution in [0.25, 0.3) is 0 Å². The number of ether oxygens (including phenoxy) is 1. The average molecular weight is 302 g/mol. The molecule has 1 aromatic rings. The zero-order valence-corrected chi connectivity index (χ0v) is 12.6. The summed E-state index contributed by atoms with van der Waals surface area (Å²) in [4.78, 5) is 0.416. The highest BCUT2D eigenvalue weighted by Gasteiger charge is 2.13. The summed E-state index contributed by atoms with van der Waals surface area (Å²) in [6, 6.07) is 6.11. The van der Waals surface area contributed by atoms with Crippen molar-refractivity contribution in [2.75, 3.05) is 13.2 Å². The third-order valence-electron chi connectivity index (χ3n) is 2.29. The molecule has 0 aliphatic heterocycles. The van der Waals surface area contributed by atoms with Gasteiger partial charge in [0.1, 0.15) is 4.99 Å². The van der Waals surface area contributed by atoms with Gasteiger partial charge < -0.3 is 10.5 Å². The molecule has 0 bridgehead atoms. The average Bonchev–Trinajstić information content (AvgIpc) is 2.34. The van der Waals surface area contributed by atoms with Gasteiger partial charge in [0.25, 0.3) is 0 Å². The Morgan fingerprint density at radius 1 is 1.37 bits per heavy atom. The number of benzene rings is 1. The number of nitrogens with two attached hydrogens (primary N) is 1. The lowest BCUT2D eigenvalue weighted by Gasteiger charge is -2.09. The molecule has 0 radical (unpaired) electrons. The Balaban J connectivity index is 2.64. The summed E-state index contributed by atoms with van der Waals surface area (Å²) >= 11 is 4.80. The fourth-order valence-electron chi connectivity index (χ4n) is 1.35. The smallest absolute Gasteiger partial charge is 0.240 e. The maximum absolute atomic E-state index is 11.9. The molecular formula is C12H18N2O3S2. The summed E-state index contributed by atoms with van der Waals surface area (Å²) in [7, 11) is -3.51. The SMILES string of the molecule is CC(C)OCCNS(=O)(=O)c1ccc(C(N)=S)cc1. The fourth-order valence-corrected chi connectivity index (χ4v) is 2.50. The molecule has 0 heterocycles. The first kappa shape index (κ1) is 16.0. The summed E-state index contributed by atoms with van der Waals surface area (Å²) in [5.74, 6) is 0. The van der Waals surface area contributed by atoms with Gasteiger partial charge in [-0.25, -0.2) is 13.1 Å². The van der Waals surface area contributed by atoms with Gasteiger partial charge in [-0.05, 0) is 26.0 Å². The molecule has 5 nitrogen and oxygen atoms in total. The normalized spacial score (nSPS) is 11.7. The summed E-state index contributed by atoms with van der Waals surface area (Å²) in [5.41, 5.74) is 6.09. The minimum absolute atomic E-state index is 0.0781.